The number of para-hydroxylation sites is 1. The molecule has 0 saturated heterocycles. The number of aryl methyl sites for hydroxylation is 1. The second-order valence-electron chi connectivity index (χ2n) is 7.79. The van der Waals surface area contributed by atoms with E-state index < -0.39 is 21.7 Å². The van der Waals surface area contributed by atoms with Crippen LogP contribution < -0.4 is 10.0 Å². The Morgan fingerprint density at radius 3 is 2.62 bits per heavy atom. The van der Waals surface area contributed by atoms with Crippen molar-refractivity contribution in [1.82, 2.24) is 4.57 Å². The number of benzene rings is 3. The molecule has 2 N–H and O–H groups in total. The van der Waals surface area contributed by atoms with Crippen molar-refractivity contribution in [3.63, 3.8) is 0 Å². The smallest absolute Gasteiger partial charge is 0.262 e. The molecule has 0 bridgehead atoms. The van der Waals surface area contributed by atoms with Crippen LogP contribution in [0.25, 0.3) is 10.9 Å². The van der Waals surface area contributed by atoms with Gasteiger partial charge in [-0.15, -0.1) is 0 Å². The summed E-state index contributed by atoms with van der Waals surface area (Å²) < 4.78 is 48.9. The van der Waals surface area contributed by atoms with E-state index in [2.05, 4.69) is 14.6 Å². The highest BCUT2D eigenvalue weighted by molar-refractivity contribution is 7.92. The summed E-state index contributed by atoms with van der Waals surface area (Å²) in [6.45, 7) is 3.02. The molecule has 1 aromatic heterocycles. The zero-order valence-electron chi connectivity index (χ0n) is 18.7. The number of hydrogen-bond acceptors (Lipinski definition) is 4. The number of anilines is 2. The van der Waals surface area contributed by atoms with Crippen molar-refractivity contribution in [3.05, 3.63) is 89.9 Å². The summed E-state index contributed by atoms with van der Waals surface area (Å²) in [5.74, 6) is -1.14. The molecule has 0 fully saturated rings. The van der Waals surface area contributed by atoms with Crippen LogP contribution in [0, 0.1) is 12.7 Å². The Labute approximate surface area is 197 Å². The molecule has 4 rings (SSSR count). The average molecular weight is 482 g/mol. The zero-order valence-corrected chi connectivity index (χ0v) is 19.5. The second-order valence-corrected chi connectivity index (χ2v) is 9.47. The van der Waals surface area contributed by atoms with Gasteiger partial charge in [0.1, 0.15) is 5.82 Å². The number of aromatic nitrogens is 1. The highest BCUT2D eigenvalue weighted by Crippen LogP contribution is 2.24. The van der Waals surface area contributed by atoms with Crippen LogP contribution in [0.3, 0.4) is 0 Å². The van der Waals surface area contributed by atoms with Crippen LogP contribution in [0.2, 0.25) is 0 Å². The molecule has 0 unspecified atom stereocenters. The number of carbonyl (C=O) groups excluding carboxylic acids is 1. The van der Waals surface area contributed by atoms with E-state index in [0.29, 0.717) is 24.4 Å². The topological polar surface area (TPSA) is 89.4 Å². The SMILES string of the molecule is COCCn1ccc2cc(NC(=O)c3cc(S(=O)(=O)Nc4ccccc4F)ccc3C)ccc21. The number of amides is 1. The lowest BCUT2D eigenvalue weighted by atomic mass is 10.1. The number of carbonyl (C=O) groups is 1. The van der Waals surface area contributed by atoms with Gasteiger partial charge in [0.15, 0.2) is 0 Å². The molecule has 0 aliphatic heterocycles. The first-order valence-electron chi connectivity index (χ1n) is 10.6. The number of hydrogen-bond donors (Lipinski definition) is 2. The van der Waals surface area contributed by atoms with Crippen LogP contribution in [0.5, 0.6) is 0 Å². The highest BCUT2D eigenvalue weighted by atomic mass is 32.2. The number of nitrogens with one attached hydrogen (secondary N) is 2. The third-order valence-electron chi connectivity index (χ3n) is 5.45. The highest BCUT2D eigenvalue weighted by Gasteiger charge is 2.20. The molecule has 0 radical (unpaired) electrons. The molecule has 0 saturated carbocycles. The van der Waals surface area contributed by atoms with Crippen LogP contribution >= 0.6 is 0 Å². The lowest BCUT2D eigenvalue weighted by Gasteiger charge is -2.12. The fourth-order valence-electron chi connectivity index (χ4n) is 3.62. The first kappa shape index (κ1) is 23.5. The molecule has 0 aliphatic carbocycles. The van der Waals surface area contributed by atoms with Gasteiger partial charge in [-0.05, 0) is 61.0 Å². The van der Waals surface area contributed by atoms with Crippen LogP contribution in [-0.4, -0.2) is 32.6 Å². The summed E-state index contributed by atoms with van der Waals surface area (Å²) in [7, 11) is -2.45. The molecule has 1 amide bonds. The second kappa shape index (κ2) is 9.66. The molecule has 0 atom stereocenters. The number of fused-ring (bicyclic) bond motifs is 1. The molecule has 0 aliphatic rings. The lowest BCUT2D eigenvalue weighted by molar-refractivity contribution is 0.102. The Bertz CT molecular complexity index is 1460. The number of nitrogens with zero attached hydrogens (tertiary/aromatic N) is 1. The van der Waals surface area contributed by atoms with E-state index in [1.807, 2.05) is 24.4 Å². The van der Waals surface area contributed by atoms with E-state index >= 15 is 0 Å². The lowest BCUT2D eigenvalue weighted by Crippen LogP contribution is -2.17. The maximum atomic E-state index is 13.9. The maximum Gasteiger partial charge on any atom is 0.262 e. The van der Waals surface area contributed by atoms with Gasteiger partial charge in [0.05, 0.1) is 17.2 Å². The van der Waals surface area contributed by atoms with Crippen LogP contribution in [0.4, 0.5) is 15.8 Å². The predicted molar refractivity (Wildman–Crippen MR) is 130 cm³/mol. The molecule has 9 heteroatoms. The average Bonchev–Trinajstić information content (AvgIpc) is 3.21. The largest absolute Gasteiger partial charge is 0.383 e. The fourth-order valence-corrected chi connectivity index (χ4v) is 4.71. The summed E-state index contributed by atoms with van der Waals surface area (Å²) in [5, 5.41) is 3.79. The fraction of sp³-hybridized carbons (Fsp3) is 0.160. The van der Waals surface area contributed by atoms with Gasteiger partial charge in [-0.1, -0.05) is 18.2 Å². The quantitative estimate of drug-likeness (QED) is 0.379. The summed E-state index contributed by atoms with van der Waals surface area (Å²) in [6, 6.07) is 17.2. The standard InChI is InChI=1S/C25H24FN3O4S/c1-17-7-9-20(34(31,32)28-23-6-4-3-5-22(23)26)16-21(17)25(30)27-19-8-10-24-18(15-19)11-12-29(24)13-14-33-2/h3-12,15-16,28H,13-14H2,1-2H3,(H,27,30). The molecule has 176 valence electrons. The molecular weight excluding hydrogens is 457 g/mol. The van der Waals surface area contributed by atoms with Crippen molar-refractivity contribution in [2.45, 2.75) is 18.4 Å². The number of rotatable bonds is 8. The van der Waals surface area contributed by atoms with Gasteiger partial charge in [-0.25, -0.2) is 12.8 Å². The van der Waals surface area contributed by atoms with Gasteiger partial charge in [-0.2, -0.15) is 0 Å². The van der Waals surface area contributed by atoms with E-state index in [1.54, 1.807) is 26.2 Å². The summed E-state index contributed by atoms with van der Waals surface area (Å²) >= 11 is 0. The van der Waals surface area contributed by atoms with E-state index in [4.69, 9.17) is 4.74 Å². The first-order chi connectivity index (χ1) is 16.3. The first-order valence-corrected chi connectivity index (χ1v) is 12.0. The minimum atomic E-state index is -4.10. The maximum absolute atomic E-state index is 13.9. The van der Waals surface area contributed by atoms with Crippen molar-refractivity contribution >= 4 is 38.2 Å². The van der Waals surface area contributed by atoms with Crippen molar-refractivity contribution in [1.29, 1.82) is 0 Å². The third kappa shape index (κ3) is 4.95. The minimum Gasteiger partial charge on any atom is -0.383 e. The van der Waals surface area contributed by atoms with Gasteiger partial charge in [0.25, 0.3) is 15.9 Å². The molecular formula is C25H24FN3O4S. The molecule has 34 heavy (non-hydrogen) atoms. The van der Waals surface area contributed by atoms with Gasteiger partial charge >= 0.3 is 0 Å². The van der Waals surface area contributed by atoms with Crippen molar-refractivity contribution in [2.24, 2.45) is 0 Å². The monoisotopic (exact) mass is 481 g/mol. The van der Waals surface area contributed by atoms with Gasteiger partial charge < -0.3 is 14.6 Å². The predicted octanol–water partition coefficient (Wildman–Crippen LogP) is 4.79. The van der Waals surface area contributed by atoms with Gasteiger partial charge in [0, 0.05) is 42.0 Å². The molecule has 4 aromatic rings. The van der Waals surface area contributed by atoms with Crippen molar-refractivity contribution < 1.29 is 22.3 Å². The zero-order chi connectivity index (χ0) is 24.3. The van der Waals surface area contributed by atoms with E-state index in [-0.39, 0.29) is 16.1 Å². The van der Waals surface area contributed by atoms with Gasteiger partial charge in [0.2, 0.25) is 0 Å². The number of halogens is 1. The van der Waals surface area contributed by atoms with E-state index in [9.17, 15) is 17.6 Å². The Morgan fingerprint density at radius 1 is 1.06 bits per heavy atom. The summed E-state index contributed by atoms with van der Waals surface area (Å²) in [5.41, 5.74) is 2.24. The summed E-state index contributed by atoms with van der Waals surface area (Å²) in [6.07, 6.45) is 1.95. The molecule has 7 nitrogen and oxygen atoms in total. The van der Waals surface area contributed by atoms with Crippen LogP contribution in [-0.2, 0) is 21.3 Å². The van der Waals surface area contributed by atoms with Crippen molar-refractivity contribution in [2.75, 3.05) is 23.8 Å². The molecule has 1 heterocycles. The Hall–Kier alpha value is -3.69. The number of sulfonamides is 1. The Morgan fingerprint density at radius 2 is 1.85 bits per heavy atom. The van der Waals surface area contributed by atoms with E-state index in [0.717, 1.165) is 17.0 Å². The number of ether oxygens (including phenoxy) is 1. The summed E-state index contributed by atoms with van der Waals surface area (Å²) in [4.78, 5) is 12.9. The van der Waals surface area contributed by atoms with Crippen molar-refractivity contribution in [3.8, 4) is 0 Å². The van der Waals surface area contributed by atoms with Crippen LogP contribution in [0.1, 0.15) is 15.9 Å². The normalized spacial score (nSPS) is 11.5. The van der Waals surface area contributed by atoms with E-state index in [1.165, 1.54) is 30.3 Å². The molecule has 0 spiro atoms. The Balaban J connectivity index is 1.57. The van der Waals surface area contributed by atoms with Crippen LogP contribution in [0.15, 0.2) is 77.8 Å². The number of methoxy groups -OCH3 is 1. The van der Waals surface area contributed by atoms with Gasteiger partial charge in [-0.3, -0.25) is 9.52 Å². The molecule has 3 aromatic carbocycles. The third-order valence-corrected chi connectivity index (χ3v) is 6.81. The minimum absolute atomic E-state index is 0.142. The Kier molecular flexibility index (Phi) is 6.67.